The minimum Gasteiger partial charge on any atom is -0.484 e. The van der Waals surface area contributed by atoms with Crippen LogP contribution in [-0.4, -0.2) is 91.0 Å². The molecular weight excluding hydrogens is 603 g/mol. The lowest BCUT2D eigenvalue weighted by Crippen LogP contribution is -2.37. The van der Waals surface area contributed by atoms with Crippen LogP contribution in [0.5, 0.6) is 11.5 Å². The summed E-state index contributed by atoms with van der Waals surface area (Å²) in [5.74, 6) is 2.21. The van der Waals surface area contributed by atoms with E-state index < -0.39 is 7.92 Å². The second-order valence-electron chi connectivity index (χ2n) is 11.0. The highest BCUT2D eigenvalue weighted by molar-refractivity contribution is 7.65. The molecule has 5 heterocycles. The normalized spacial score (nSPS) is 15.0. The Morgan fingerprint density at radius 1 is 0.978 bits per heavy atom. The lowest BCUT2D eigenvalue weighted by atomic mass is 10.0. The zero-order valence-electron chi connectivity index (χ0n) is 25.8. The zero-order chi connectivity index (χ0) is 31.6. The number of aromatic amines is 1. The van der Waals surface area contributed by atoms with E-state index in [1.54, 1.807) is 18.6 Å². The second-order valence-corrected chi connectivity index (χ2v) is 13.2. The highest BCUT2D eigenvalue weighted by Gasteiger charge is 2.30. The molecule has 2 aliphatic rings. The van der Waals surface area contributed by atoms with Crippen LogP contribution in [0.15, 0.2) is 49.1 Å². The van der Waals surface area contributed by atoms with Crippen molar-refractivity contribution in [1.29, 1.82) is 5.41 Å². The monoisotopic (exact) mass is 638 g/mol. The first kappa shape index (κ1) is 29.7. The van der Waals surface area contributed by atoms with E-state index >= 15 is 0 Å². The van der Waals surface area contributed by atoms with Gasteiger partial charge >= 0.3 is 0 Å². The minimum atomic E-state index is -0.524. The summed E-state index contributed by atoms with van der Waals surface area (Å²) in [7, 11) is 1.29. The molecule has 7 rings (SSSR count). The van der Waals surface area contributed by atoms with Crippen molar-refractivity contribution in [2.75, 3.05) is 75.4 Å². The number of hydrogen-bond acceptors (Lipinski definition) is 12. The van der Waals surface area contributed by atoms with E-state index in [1.807, 2.05) is 37.5 Å². The molecule has 14 heteroatoms. The third-order valence-corrected chi connectivity index (χ3v) is 9.20. The fraction of sp³-hybridized carbons (Fsp3) is 0.281. The molecule has 1 fully saturated rings. The number of ether oxygens (including phenoxy) is 3. The number of allylic oxidation sites excluding steroid dienone is 1. The van der Waals surface area contributed by atoms with Crippen LogP contribution >= 0.6 is 7.92 Å². The average Bonchev–Trinajstić information content (AvgIpc) is 3.56. The van der Waals surface area contributed by atoms with Gasteiger partial charge in [0.05, 0.1) is 41.0 Å². The minimum absolute atomic E-state index is 0.366. The Morgan fingerprint density at radius 3 is 2.57 bits per heavy atom. The fourth-order valence-corrected chi connectivity index (χ4v) is 7.09. The van der Waals surface area contributed by atoms with Crippen LogP contribution in [0.1, 0.15) is 5.56 Å². The maximum atomic E-state index is 8.24. The van der Waals surface area contributed by atoms with Crippen LogP contribution in [0.3, 0.4) is 0 Å². The Kier molecular flexibility index (Phi) is 8.25. The van der Waals surface area contributed by atoms with Gasteiger partial charge in [0, 0.05) is 73.3 Å². The van der Waals surface area contributed by atoms with E-state index in [0.717, 1.165) is 38.7 Å². The molecule has 0 saturated carbocycles. The van der Waals surface area contributed by atoms with Crippen molar-refractivity contribution in [2.45, 2.75) is 0 Å². The molecule has 5 N–H and O–H groups in total. The van der Waals surface area contributed by atoms with Crippen molar-refractivity contribution in [3.8, 4) is 11.5 Å². The van der Waals surface area contributed by atoms with Crippen LogP contribution in [0.25, 0.3) is 27.6 Å². The third-order valence-electron chi connectivity index (χ3n) is 7.86. The highest BCUT2D eigenvalue weighted by atomic mass is 31.1. The Hall–Kier alpha value is -5.00. The molecular formula is C32H35N10O3P. The van der Waals surface area contributed by atoms with Crippen LogP contribution in [0.2, 0.25) is 0 Å². The van der Waals surface area contributed by atoms with Gasteiger partial charge in [-0.25, -0.2) is 0 Å². The van der Waals surface area contributed by atoms with Gasteiger partial charge in [0.15, 0.2) is 11.5 Å². The molecule has 0 spiro atoms. The molecule has 0 amide bonds. The fourth-order valence-electron chi connectivity index (χ4n) is 5.88. The SMILES string of the molecule is CN/C=C(\C=N)c1cc(Nc2nc(Nc3ccc4nccnc4c3P(C)C)c3cc[nH]c3n2)c2c(c1N1CCOCC1)OCCO2. The molecule has 236 valence electrons. The molecule has 1 saturated heterocycles. The van der Waals surface area contributed by atoms with Crippen LogP contribution < -0.4 is 35.6 Å². The summed E-state index contributed by atoms with van der Waals surface area (Å²) in [5.41, 5.74) is 6.35. The average molecular weight is 639 g/mol. The molecule has 2 aromatic carbocycles. The quantitative estimate of drug-likeness (QED) is 0.114. The lowest BCUT2D eigenvalue weighted by molar-refractivity contribution is 0.121. The number of hydrogen-bond donors (Lipinski definition) is 5. The predicted octanol–water partition coefficient (Wildman–Crippen LogP) is 4.57. The van der Waals surface area contributed by atoms with Gasteiger partial charge in [0.25, 0.3) is 0 Å². The number of morpholine rings is 1. The van der Waals surface area contributed by atoms with E-state index in [2.05, 4.69) is 49.1 Å². The van der Waals surface area contributed by atoms with Crippen LogP contribution in [0.4, 0.5) is 28.8 Å². The summed E-state index contributed by atoms with van der Waals surface area (Å²) < 4.78 is 18.2. The number of nitrogens with one attached hydrogen (secondary N) is 5. The van der Waals surface area contributed by atoms with Gasteiger partial charge in [-0.3, -0.25) is 9.97 Å². The molecule has 0 radical (unpaired) electrons. The summed E-state index contributed by atoms with van der Waals surface area (Å²) in [6.07, 6.45) is 8.43. The van der Waals surface area contributed by atoms with Gasteiger partial charge in [-0.2, -0.15) is 9.97 Å². The maximum Gasteiger partial charge on any atom is 0.231 e. The van der Waals surface area contributed by atoms with E-state index in [4.69, 9.17) is 29.6 Å². The van der Waals surface area contributed by atoms with Crippen LogP contribution in [-0.2, 0) is 4.74 Å². The molecule has 46 heavy (non-hydrogen) atoms. The van der Waals surface area contributed by atoms with Gasteiger partial charge in [-0.1, -0.05) is 7.92 Å². The topological polar surface area (TPSA) is 158 Å². The molecule has 0 bridgehead atoms. The van der Waals surface area contributed by atoms with Crippen molar-refractivity contribution in [3.63, 3.8) is 0 Å². The molecule has 0 atom stereocenters. The van der Waals surface area contributed by atoms with Crippen LogP contribution in [0, 0.1) is 5.41 Å². The van der Waals surface area contributed by atoms with Gasteiger partial charge in [-0.15, -0.1) is 0 Å². The molecule has 0 unspecified atom stereocenters. The zero-order valence-corrected chi connectivity index (χ0v) is 26.7. The van der Waals surface area contributed by atoms with E-state index in [9.17, 15) is 0 Å². The number of rotatable bonds is 9. The third kappa shape index (κ3) is 5.52. The molecule has 3 aromatic heterocycles. The predicted molar refractivity (Wildman–Crippen MR) is 185 cm³/mol. The number of H-pyrrole nitrogens is 1. The Balaban J connectivity index is 1.34. The maximum absolute atomic E-state index is 8.24. The Labute approximate surface area is 267 Å². The first-order valence-corrected chi connectivity index (χ1v) is 17.3. The van der Waals surface area contributed by atoms with Crippen molar-refractivity contribution in [3.05, 3.63) is 54.6 Å². The molecule has 13 nitrogen and oxygen atoms in total. The lowest BCUT2D eigenvalue weighted by Gasteiger charge is -2.34. The van der Waals surface area contributed by atoms with Crippen molar-refractivity contribution >= 4 is 75.9 Å². The molecule has 5 aromatic rings. The summed E-state index contributed by atoms with van der Waals surface area (Å²) in [4.78, 5) is 24.4. The standard InChI is InChI=1S/C32H35N10O3P/c1-34-18-19(17-33)21-16-24(27-28(45-15-14-44-27)26(21)42-10-12-43-13-11-42)39-32-40-30-20(6-7-37-30)31(41-32)38-23-5-4-22-25(29(23)46(2)3)36-9-8-35-22/h4-9,16-18,33-34H,10-15H2,1-3H3,(H3,37,38,39,40,41)/b19-18+,33-17?. The number of fused-ring (bicyclic) bond motifs is 3. The first-order chi connectivity index (χ1) is 22.6. The summed E-state index contributed by atoms with van der Waals surface area (Å²) in [5, 5.41) is 20.3. The van der Waals surface area contributed by atoms with E-state index in [0.29, 0.717) is 79.7 Å². The van der Waals surface area contributed by atoms with E-state index in [1.165, 1.54) is 6.21 Å². The van der Waals surface area contributed by atoms with Gasteiger partial charge < -0.3 is 45.5 Å². The Bertz CT molecular complexity index is 1950. The summed E-state index contributed by atoms with van der Waals surface area (Å²) in [6.45, 7) is 7.83. The van der Waals surface area contributed by atoms with Gasteiger partial charge in [0.2, 0.25) is 5.95 Å². The first-order valence-electron chi connectivity index (χ1n) is 15.0. The number of benzene rings is 2. The van der Waals surface area contributed by atoms with Crippen molar-refractivity contribution in [2.24, 2.45) is 0 Å². The molecule has 0 aliphatic carbocycles. The van der Waals surface area contributed by atoms with E-state index in [-0.39, 0.29) is 0 Å². The summed E-state index contributed by atoms with van der Waals surface area (Å²) in [6, 6.07) is 7.94. The smallest absolute Gasteiger partial charge is 0.231 e. The number of nitrogens with zero attached hydrogens (tertiary/aromatic N) is 5. The van der Waals surface area contributed by atoms with Gasteiger partial charge in [0.1, 0.15) is 24.7 Å². The highest BCUT2D eigenvalue weighted by Crippen LogP contribution is 2.50. The Morgan fingerprint density at radius 2 is 1.78 bits per heavy atom. The van der Waals surface area contributed by atoms with Crippen molar-refractivity contribution < 1.29 is 14.2 Å². The largest absolute Gasteiger partial charge is 0.484 e. The second kappa shape index (κ2) is 12.8. The van der Waals surface area contributed by atoms with Gasteiger partial charge in [-0.05, 0) is 37.6 Å². The number of aromatic nitrogens is 5. The summed E-state index contributed by atoms with van der Waals surface area (Å²) >= 11 is 0. The number of anilines is 5. The molecule has 2 aliphatic heterocycles. The van der Waals surface area contributed by atoms with Crippen molar-refractivity contribution in [1.82, 2.24) is 30.2 Å².